The molecule has 5 nitrogen and oxygen atoms in total. The molecular formula is C27H34ClFN4O. The van der Waals surface area contributed by atoms with E-state index in [9.17, 15) is 9.18 Å². The summed E-state index contributed by atoms with van der Waals surface area (Å²) in [5, 5.41) is 3.94. The summed E-state index contributed by atoms with van der Waals surface area (Å²) < 4.78 is 14.9. The highest BCUT2D eigenvalue weighted by Crippen LogP contribution is 2.35. The van der Waals surface area contributed by atoms with E-state index in [2.05, 4.69) is 39.4 Å². The Morgan fingerprint density at radius 2 is 1.88 bits per heavy atom. The van der Waals surface area contributed by atoms with Crippen molar-refractivity contribution in [2.24, 2.45) is 5.41 Å². The Bertz CT molecular complexity index is 1050. The van der Waals surface area contributed by atoms with E-state index < -0.39 is 5.41 Å². The summed E-state index contributed by atoms with van der Waals surface area (Å²) in [5.41, 5.74) is 2.46. The number of nitrogens with one attached hydrogen (secondary N) is 1. The van der Waals surface area contributed by atoms with E-state index in [1.54, 1.807) is 12.1 Å². The number of halogens is 2. The third-order valence-electron chi connectivity index (χ3n) is 7.45. The van der Waals surface area contributed by atoms with Gasteiger partial charge in [0.15, 0.2) is 0 Å². The van der Waals surface area contributed by atoms with Crippen molar-refractivity contribution >= 4 is 23.2 Å². The van der Waals surface area contributed by atoms with Crippen LogP contribution in [0.3, 0.4) is 0 Å². The van der Waals surface area contributed by atoms with Crippen LogP contribution in [0.5, 0.6) is 0 Å². The average molecular weight is 485 g/mol. The van der Waals surface area contributed by atoms with Crippen molar-refractivity contribution in [2.45, 2.75) is 51.9 Å². The predicted molar refractivity (Wildman–Crippen MR) is 135 cm³/mol. The Balaban J connectivity index is 1.39. The molecule has 0 unspecified atom stereocenters. The highest BCUT2D eigenvalue weighted by Gasteiger charge is 2.38. The van der Waals surface area contributed by atoms with Gasteiger partial charge in [-0.05, 0) is 35.7 Å². The van der Waals surface area contributed by atoms with Gasteiger partial charge in [-0.3, -0.25) is 9.69 Å². The quantitative estimate of drug-likeness (QED) is 0.695. The molecule has 0 aliphatic carbocycles. The van der Waals surface area contributed by atoms with Gasteiger partial charge in [0.1, 0.15) is 5.82 Å². The number of piperazine rings is 2. The smallest absolute Gasteiger partial charge is 0.228 e. The molecule has 7 heteroatoms. The summed E-state index contributed by atoms with van der Waals surface area (Å²) in [4.78, 5) is 19.6. The molecule has 34 heavy (non-hydrogen) atoms. The van der Waals surface area contributed by atoms with Crippen molar-refractivity contribution < 1.29 is 9.18 Å². The summed E-state index contributed by atoms with van der Waals surface area (Å²) in [6.07, 6.45) is 1.25. The zero-order chi connectivity index (χ0) is 24.0. The van der Waals surface area contributed by atoms with Crippen LogP contribution in [0.15, 0.2) is 42.5 Å². The van der Waals surface area contributed by atoms with Crippen LogP contribution in [-0.2, 0) is 11.3 Å². The number of rotatable bonds is 4. The second-order valence-electron chi connectivity index (χ2n) is 11.0. The molecule has 1 N–H and O–H groups in total. The van der Waals surface area contributed by atoms with Gasteiger partial charge in [0.05, 0.1) is 11.7 Å². The van der Waals surface area contributed by atoms with E-state index in [4.69, 9.17) is 11.6 Å². The maximum Gasteiger partial charge on any atom is 0.228 e. The zero-order valence-corrected chi connectivity index (χ0v) is 21.0. The van der Waals surface area contributed by atoms with Gasteiger partial charge in [-0.1, -0.05) is 56.6 Å². The van der Waals surface area contributed by atoms with E-state index in [0.717, 1.165) is 25.2 Å². The van der Waals surface area contributed by atoms with Crippen LogP contribution < -0.4 is 10.2 Å². The molecule has 3 aliphatic rings. The largest absolute Gasteiger partial charge is 0.359 e. The molecular weight excluding hydrogens is 451 g/mol. The molecule has 0 aromatic heterocycles. The standard InChI is InChI=1S/C27H34ClFN4O/c1-27(2,3)26(34)31-10-11-33(24-9-8-20(28)12-23(24)29)25(17-31)19-6-4-18(5-7-19)15-32-16-21-13-22(32)14-30-21/h4-9,12,21-22,25,30H,10-11,13-17H2,1-3H3/t21-,22-,25+/m1/s1. The third kappa shape index (κ3) is 4.68. The molecule has 3 aliphatic heterocycles. The third-order valence-corrected chi connectivity index (χ3v) is 7.68. The number of carbonyl (C=O) groups excluding carboxylic acids is 1. The normalized spacial score (nSPS) is 25.3. The number of benzene rings is 2. The van der Waals surface area contributed by atoms with Crippen LogP contribution in [-0.4, -0.2) is 60.5 Å². The molecule has 2 bridgehead atoms. The van der Waals surface area contributed by atoms with Crippen molar-refractivity contribution in [1.82, 2.24) is 15.1 Å². The van der Waals surface area contributed by atoms with Crippen molar-refractivity contribution in [3.8, 4) is 0 Å². The molecule has 1 amide bonds. The summed E-state index contributed by atoms with van der Waals surface area (Å²) in [7, 11) is 0. The van der Waals surface area contributed by atoms with Crippen LogP contribution in [0, 0.1) is 11.2 Å². The zero-order valence-electron chi connectivity index (χ0n) is 20.2. The van der Waals surface area contributed by atoms with E-state index in [1.807, 2.05) is 25.7 Å². The van der Waals surface area contributed by atoms with Crippen molar-refractivity contribution in [2.75, 3.05) is 37.6 Å². The van der Waals surface area contributed by atoms with Gasteiger partial charge < -0.3 is 15.1 Å². The second-order valence-corrected chi connectivity index (χ2v) is 11.4. The Labute approximate surface area is 206 Å². The minimum absolute atomic E-state index is 0.128. The van der Waals surface area contributed by atoms with Crippen molar-refractivity contribution in [3.63, 3.8) is 0 Å². The summed E-state index contributed by atoms with van der Waals surface area (Å²) >= 11 is 6.02. The summed E-state index contributed by atoms with van der Waals surface area (Å²) in [6.45, 7) is 10.7. The molecule has 0 radical (unpaired) electrons. The number of amides is 1. The number of carbonyl (C=O) groups is 1. The Hall–Kier alpha value is -2.15. The lowest BCUT2D eigenvalue weighted by molar-refractivity contribution is -0.140. The van der Waals surface area contributed by atoms with Crippen LogP contribution in [0.25, 0.3) is 0 Å². The molecule has 3 saturated heterocycles. The van der Waals surface area contributed by atoms with Crippen LogP contribution in [0.1, 0.15) is 44.4 Å². The lowest BCUT2D eigenvalue weighted by Gasteiger charge is -2.44. The van der Waals surface area contributed by atoms with E-state index >= 15 is 0 Å². The lowest BCUT2D eigenvalue weighted by Crippen LogP contribution is -2.53. The van der Waals surface area contributed by atoms with Gasteiger partial charge in [-0.15, -0.1) is 0 Å². The van der Waals surface area contributed by atoms with Gasteiger partial charge in [0.25, 0.3) is 0 Å². The monoisotopic (exact) mass is 484 g/mol. The number of fused-ring (bicyclic) bond motifs is 2. The molecule has 0 spiro atoms. The average Bonchev–Trinajstić information content (AvgIpc) is 3.42. The number of hydrogen-bond donors (Lipinski definition) is 1. The molecule has 0 saturated carbocycles. The van der Waals surface area contributed by atoms with Gasteiger partial charge in [0, 0.05) is 61.8 Å². The van der Waals surface area contributed by atoms with Gasteiger partial charge in [-0.2, -0.15) is 0 Å². The Morgan fingerprint density at radius 1 is 1.12 bits per heavy atom. The molecule has 3 fully saturated rings. The first-order valence-corrected chi connectivity index (χ1v) is 12.6. The van der Waals surface area contributed by atoms with Crippen molar-refractivity contribution in [1.29, 1.82) is 0 Å². The summed E-state index contributed by atoms with van der Waals surface area (Å²) in [6, 6.07) is 14.7. The van der Waals surface area contributed by atoms with E-state index in [0.29, 0.717) is 42.4 Å². The molecule has 5 rings (SSSR count). The molecule has 2 aromatic rings. The SMILES string of the molecule is CC(C)(C)C(=O)N1CCN(c2ccc(Cl)cc2F)[C@H](c2ccc(CN3C[C@H]4C[C@@H]3CN4)cc2)C1. The summed E-state index contributed by atoms with van der Waals surface area (Å²) in [5.74, 6) is -0.203. The van der Waals surface area contributed by atoms with Crippen LogP contribution in [0.4, 0.5) is 10.1 Å². The highest BCUT2D eigenvalue weighted by molar-refractivity contribution is 6.30. The first-order chi connectivity index (χ1) is 16.2. The molecule has 3 atom stereocenters. The van der Waals surface area contributed by atoms with Crippen LogP contribution >= 0.6 is 11.6 Å². The molecule has 2 aromatic carbocycles. The van der Waals surface area contributed by atoms with Gasteiger partial charge in [-0.25, -0.2) is 4.39 Å². The number of likely N-dealkylation sites (tertiary alicyclic amines) is 1. The minimum Gasteiger partial charge on any atom is -0.359 e. The van der Waals surface area contributed by atoms with Crippen molar-refractivity contribution in [3.05, 3.63) is 64.4 Å². The number of anilines is 1. The first kappa shape index (κ1) is 23.6. The molecule has 3 heterocycles. The Kier molecular flexibility index (Phi) is 6.34. The topological polar surface area (TPSA) is 38.8 Å². The van der Waals surface area contributed by atoms with E-state index in [1.165, 1.54) is 18.1 Å². The lowest BCUT2D eigenvalue weighted by atomic mass is 9.92. The Morgan fingerprint density at radius 3 is 2.50 bits per heavy atom. The fourth-order valence-corrected chi connectivity index (χ4v) is 5.81. The predicted octanol–water partition coefficient (Wildman–Crippen LogP) is 4.46. The number of nitrogens with zero attached hydrogens (tertiary/aromatic N) is 3. The maximum absolute atomic E-state index is 14.9. The minimum atomic E-state index is -0.452. The highest BCUT2D eigenvalue weighted by atomic mass is 35.5. The van der Waals surface area contributed by atoms with Gasteiger partial charge >= 0.3 is 0 Å². The van der Waals surface area contributed by atoms with E-state index in [-0.39, 0.29) is 17.8 Å². The number of hydrogen-bond acceptors (Lipinski definition) is 4. The van der Waals surface area contributed by atoms with Crippen LogP contribution in [0.2, 0.25) is 5.02 Å². The first-order valence-electron chi connectivity index (χ1n) is 12.3. The fraction of sp³-hybridized carbons (Fsp3) is 0.519. The van der Waals surface area contributed by atoms with Gasteiger partial charge in [0.2, 0.25) is 5.91 Å². The fourth-order valence-electron chi connectivity index (χ4n) is 5.65. The second kappa shape index (κ2) is 9.14. The molecule has 182 valence electrons. The maximum atomic E-state index is 14.9.